The van der Waals surface area contributed by atoms with Crippen molar-refractivity contribution in [2.24, 2.45) is 0 Å². The quantitative estimate of drug-likeness (QED) is 0.570. The SMILES string of the molecule is Cc1cc(CNC(=O)c2cccc(OCc3cn4ccccc4n3)c2)on1. The van der Waals surface area contributed by atoms with Gasteiger partial charge in [0.2, 0.25) is 0 Å². The van der Waals surface area contributed by atoms with Gasteiger partial charge >= 0.3 is 0 Å². The summed E-state index contributed by atoms with van der Waals surface area (Å²) in [5.74, 6) is 1.01. The lowest BCUT2D eigenvalue weighted by Crippen LogP contribution is -2.22. The summed E-state index contributed by atoms with van der Waals surface area (Å²) in [5.41, 5.74) is 2.98. The minimum Gasteiger partial charge on any atom is -0.487 e. The highest BCUT2D eigenvalue weighted by atomic mass is 16.5. The number of rotatable bonds is 6. The average molecular weight is 362 g/mol. The number of aryl methyl sites for hydroxylation is 1. The van der Waals surface area contributed by atoms with E-state index >= 15 is 0 Å². The van der Waals surface area contributed by atoms with Gasteiger partial charge in [-0.15, -0.1) is 0 Å². The highest BCUT2D eigenvalue weighted by Gasteiger charge is 2.09. The molecule has 0 bridgehead atoms. The van der Waals surface area contributed by atoms with Crippen LogP contribution in [0.4, 0.5) is 0 Å². The molecule has 0 aliphatic rings. The van der Waals surface area contributed by atoms with Crippen LogP contribution < -0.4 is 10.1 Å². The lowest BCUT2D eigenvalue weighted by atomic mass is 10.2. The standard InChI is InChI=1S/C20H18N4O3/c1-14-9-18(27-23-14)11-21-20(25)15-5-4-6-17(10-15)26-13-16-12-24-8-3-2-7-19(24)22-16/h2-10,12H,11,13H2,1H3,(H,21,25). The number of nitrogens with zero attached hydrogens (tertiary/aromatic N) is 3. The van der Waals surface area contributed by atoms with Crippen LogP contribution in [0.15, 0.2) is 65.4 Å². The van der Waals surface area contributed by atoms with Gasteiger partial charge in [0, 0.05) is 24.0 Å². The number of amides is 1. The highest BCUT2D eigenvalue weighted by molar-refractivity contribution is 5.94. The van der Waals surface area contributed by atoms with Gasteiger partial charge in [-0.05, 0) is 37.3 Å². The molecule has 0 atom stereocenters. The van der Waals surface area contributed by atoms with Crippen molar-refractivity contribution in [3.63, 3.8) is 0 Å². The predicted octanol–water partition coefficient (Wildman–Crippen LogP) is 3.14. The van der Waals surface area contributed by atoms with E-state index in [-0.39, 0.29) is 12.5 Å². The van der Waals surface area contributed by atoms with Crippen molar-refractivity contribution >= 4 is 11.6 Å². The molecule has 7 heteroatoms. The van der Waals surface area contributed by atoms with Crippen LogP contribution in [0.5, 0.6) is 5.75 Å². The number of fused-ring (bicyclic) bond motifs is 1. The van der Waals surface area contributed by atoms with Crippen molar-refractivity contribution in [1.29, 1.82) is 0 Å². The fourth-order valence-corrected chi connectivity index (χ4v) is 2.71. The van der Waals surface area contributed by atoms with Crippen molar-refractivity contribution in [1.82, 2.24) is 19.9 Å². The van der Waals surface area contributed by atoms with Crippen LogP contribution in [0.2, 0.25) is 0 Å². The third-order valence-electron chi connectivity index (χ3n) is 4.00. The van der Waals surface area contributed by atoms with E-state index in [1.165, 1.54) is 0 Å². The zero-order chi connectivity index (χ0) is 18.6. The number of ether oxygens (including phenoxy) is 1. The van der Waals surface area contributed by atoms with Gasteiger partial charge in [-0.3, -0.25) is 4.79 Å². The fraction of sp³-hybridized carbons (Fsp3) is 0.150. The molecule has 0 aliphatic heterocycles. The summed E-state index contributed by atoms with van der Waals surface area (Å²) in [7, 11) is 0. The van der Waals surface area contributed by atoms with Gasteiger partial charge in [-0.1, -0.05) is 17.3 Å². The molecule has 7 nitrogen and oxygen atoms in total. The largest absolute Gasteiger partial charge is 0.487 e. The molecule has 3 aromatic heterocycles. The summed E-state index contributed by atoms with van der Waals surface area (Å²) in [6.07, 6.45) is 3.86. The molecule has 0 aliphatic carbocycles. The molecule has 3 heterocycles. The number of aromatic nitrogens is 3. The van der Waals surface area contributed by atoms with Crippen LogP contribution in [0.1, 0.15) is 27.5 Å². The molecule has 136 valence electrons. The highest BCUT2D eigenvalue weighted by Crippen LogP contribution is 2.16. The molecule has 27 heavy (non-hydrogen) atoms. The molecule has 0 saturated heterocycles. The summed E-state index contributed by atoms with van der Waals surface area (Å²) in [6.45, 7) is 2.44. The van der Waals surface area contributed by atoms with E-state index in [9.17, 15) is 4.79 Å². The Labute approximate surface area is 155 Å². The first kappa shape index (κ1) is 16.8. The second-order valence-corrected chi connectivity index (χ2v) is 6.13. The number of imidazole rings is 1. The van der Waals surface area contributed by atoms with E-state index in [0.717, 1.165) is 17.0 Å². The lowest BCUT2D eigenvalue weighted by molar-refractivity contribution is 0.0946. The second kappa shape index (κ2) is 7.33. The normalized spacial score (nSPS) is 10.9. The van der Waals surface area contributed by atoms with E-state index in [0.29, 0.717) is 23.7 Å². The molecular formula is C20H18N4O3. The van der Waals surface area contributed by atoms with Crippen LogP contribution >= 0.6 is 0 Å². The molecule has 4 aromatic rings. The molecule has 0 saturated carbocycles. The number of hydrogen-bond acceptors (Lipinski definition) is 5. The third kappa shape index (κ3) is 3.98. The van der Waals surface area contributed by atoms with Crippen molar-refractivity contribution in [3.05, 3.63) is 83.6 Å². The van der Waals surface area contributed by atoms with Gasteiger partial charge in [0.25, 0.3) is 5.91 Å². The average Bonchev–Trinajstić information content (AvgIpc) is 3.30. The summed E-state index contributed by atoms with van der Waals surface area (Å²) in [4.78, 5) is 16.8. The molecule has 0 fully saturated rings. The van der Waals surface area contributed by atoms with Gasteiger partial charge in [0.1, 0.15) is 18.0 Å². The number of hydrogen-bond donors (Lipinski definition) is 1. The topological polar surface area (TPSA) is 81.7 Å². The molecular weight excluding hydrogens is 344 g/mol. The van der Waals surface area contributed by atoms with E-state index in [1.807, 2.05) is 48.0 Å². The van der Waals surface area contributed by atoms with E-state index in [1.54, 1.807) is 24.3 Å². The van der Waals surface area contributed by atoms with Gasteiger partial charge < -0.3 is 19.0 Å². The lowest BCUT2D eigenvalue weighted by Gasteiger charge is -2.07. The van der Waals surface area contributed by atoms with Crippen LogP contribution in [-0.4, -0.2) is 20.4 Å². The second-order valence-electron chi connectivity index (χ2n) is 6.13. The number of pyridine rings is 1. The molecule has 1 aromatic carbocycles. The number of benzene rings is 1. The first-order chi connectivity index (χ1) is 13.2. The van der Waals surface area contributed by atoms with E-state index in [2.05, 4.69) is 15.5 Å². The molecule has 1 N–H and O–H groups in total. The first-order valence-electron chi connectivity index (χ1n) is 8.53. The van der Waals surface area contributed by atoms with Gasteiger partial charge in [0.15, 0.2) is 5.76 Å². The minimum atomic E-state index is -0.206. The smallest absolute Gasteiger partial charge is 0.251 e. The maximum Gasteiger partial charge on any atom is 0.251 e. The summed E-state index contributed by atoms with van der Waals surface area (Å²) < 4.78 is 12.8. The summed E-state index contributed by atoms with van der Waals surface area (Å²) >= 11 is 0. The minimum absolute atomic E-state index is 0.206. The van der Waals surface area contributed by atoms with Crippen LogP contribution in [-0.2, 0) is 13.2 Å². The Bertz CT molecular complexity index is 1050. The Morgan fingerprint density at radius 2 is 2.15 bits per heavy atom. The van der Waals surface area contributed by atoms with Crippen molar-refractivity contribution in [2.75, 3.05) is 0 Å². The number of nitrogens with one attached hydrogen (secondary N) is 1. The van der Waals surface area contributed by atoms with E-state index in [4.69, 9.17) is 9.26 Å². The number of carbonyl (C=O) groups excluding carboxylic acids is 1. The van der Waals surface area contributed by atoms with Crippen LogP contribution in [0.25, 0.3) is 5.65 Å². The third-order valence-corrected chi connectivity index (χ3v) is 4.00. The zero-order valence-electron chi connectivity index (χ0n) is 14.8. The Morgan fingerprint density at radius 3 is 2.96 bits per heavy atom. The summed E-state index contributed by atoms with van der Waals surface area (Å²) in [6, 6.07) is 14.6. The molecule has 0 radical (unpaired) electrons. The van der Waals surface area contributed by atoms with Crippen LogP contribution in [0.3, 0.4) is 0 Å². The molecule has 0 spiro atoms. The van der Waals surface area contributed by atoms with Gasteiger partial charge in [-0.25, -0.2) is 4.98 Å². The maximum absolute atomic E-state index is 12.3. The first-order valence-corrected chi connectivity index (χ1v) is 8.53. The zero-order valence-corrected chi connectivity index (χ0v) is 14.8. The van der Waals surface area contributed by atoms with Crippen LogP contribution in [0, 0.1) is 6.92 Å². The Hall–Kier alpha value is -3.61. The van der Waals surface area contributed by atoms with Crippen molar-refractivity contribution < 1.29 is 14.1 Å². The Kier molecular flexibility index (Phi) is 4.57. The van der Waals surface area contributed by atoms with Crippen molar-refractivity contribution in [2.45, 2.75) is 20.1 Å². The molecule has 0 unspecified atom stereocenters. The monoisotopic (exact) mass is 362 g/mol. The van der Waals surface area contributed by atoms with Gasteiger partial charge in [-0.2, -0.15) is 0 Å². The van der Waals surface area contributed by atoms with E-state index < -0.39 is 0 Å². The maximum atomic E-state index is 12.3. The molecule has 1 amide bonds. The number of carbonyl (C=O) groups is 1. The Morgan fingerprint density at radius 1 is 1.22 bits per heavy atom. The van der Waals surface area contributed by atoms with Gasteiger partial charge in [0.05, 0.1) is 17.9 Å². The fourth-order valence-electron chi connectivity index (χ4n) is 2.71. The summed E-state index contributed by atoms with van der Waals surface area (Å²) in [5, 5.41) is 6.60. The predicted molar refractivity (Wildman–Crippen MR) is 98.4 cm³/mol. The van der Waals surface area contributed by atoms with Crippen molar-refractivity contribution in [3.8, 4) is 5.75 Å². The molecule has 4 rings (SSSR count). The Balaban J connectivity index is 1.38.